The average Bonchev–Trinajstić information content (AvgIpc) is 2.84. The second-order valence-electron chi connectivity index (χ2n) is 5.34. The molecule has 2 aromatic rings. The number of fused-ring (bicyclic) bond motifs is 1. The number of anilines is 1. The summed E-state index contributed by atoms with van der Waals surface area (Å²) in [5, 5.41) is 2.99. The summed E-state index contributed by atoms with van der Waals surface area (Å²) >= 11 is 0. The first kappa shape index (κ1) is 13.7. The van der Waals surface area contributed by atoms with E-state index in [2.05, 4.69) is 27.9 Å². The number of nitrogens with zero attached hydrogens (tertiary/aromatic N) is 3. The number of benzene rings is 1. The van der Waals surface area contributed by atoms with Gasteiger partial charge >= 0.3 is 6.03 Å². The maximum atomic E-state index is 12.4. The molecule has 2 heterocycles. The molecule has 1 N–H and O–H groups in total. The van der Waals surface area contributed by atoms with Crippen molar-refractivity contribution in [3.05, 3.63) is 48.0 Å². The number of aromatic nitrogens is 2. The Morgan fingerprint density at radius 1 is 1.38 bits per heavy atom. The van der Waals surface area contributed by atoms with E-state index in [1.54, 1.807) is 0 Å². The van der Waals surface area contributed by atoms with Gasteiger partial charge in [0.2, 0.25) is 0 Å². The number of carbonyl (C=O) groups excluding carboxylic acids is 1. The van der Waals surface area contributed by atoms with Crippen LogP contribution in [0.15, 0.2) is 36.8 Å². The predicted octanol–water partition coefficient (Wildman–Crippen LogP) is 2.88. The van der Waals surface area contributed by atoms with E-state index < -0.39 is 0 Å². The number of rotatable bonds is 2. The van der Waals surface area contributed by atoms with Gasteiger partial charge in [-0.2, -0.15) is 0 Å². The van der Waals surface area contributed by atoms with Gasteiger partial charge < -0.3 is 14.8 Å². The molecule has 0 spiro atoms. The zero-order chi connectivity index (χ0) is 14.7. The van der Waals surface area contributed by atoms with Crippen LogP contribution < -0.4 is 5.32 Å². The van der Waals surface area contributed by atoms with Gasteiger partial charge in [-0.1, -0.05) is 19.1 Å². The van der Waals surface area contributed by atoms with Gasteiger partial charge in [0.1, 0.15) is 0 Å². The largest absolute Gasteiger partial charge is 0.333 e. The minimum atomic E-state index is -0.0436. The molecule has 110 valence electrons. The Balaban J connectivity index is 1.70. The first-order valence-electron chi connectivity index (χ1n) is 7.40. The highest BCUT2D eigenvalue weighted by molar-refractivity contribution is 5.89. The van der Waals surface area contributed by atoms with Crippen LogP contribution in [0.4, 0.5) is 10.5 Å². The van der Waals surface area contributed by atoms with Gasteiger partial charge in [0, 0.05) is 25.0 Å². The van der Waals surface area contributed by atoms with Gasteiger partial charge in [-0.3, -0.25) is 0 Å². The van der Waals surface area contributed by atoms with Crippen molar-refractivity contribution in [3.63, 3.8) is 0 Å². The van der Waals surface area contributed by atoms with E-state index in [1.165, 1.54) is 5.56 Å². The second kappa shape index (κ2) is 5.99. The van der Waals surface area contributed by atoms with E-state index in [0.29, 0.717) is 6.54 Å². The molecule has 0 unspecified atom stereocenters. The van der Waals surface area contributed by atoms with Gasteiger partial charge in [0.25, 0.3) is 0 Å². The molecule has 0 radical (unpaired) electrons. The Kier molecular flexibility index (Phi) is 3.90. The molecule has 0 atom stereocenters. The Bertz CT molecular complexity index is 635. The lowest BCUT2D eigenvalue weighted by Crippen LogP contribution is -2.34. The topological polar surface area (TPSA) is 50.2 Å². The maximum Gasteiger partial charge on any atom is 0.322 e. The van der Waals surface area contributed by atoms with Crippen molar-refractivity contribution >= 4 is 11.7 Å². The van der Waals surface area contributed by atoms with Gasteiger partial charge in [0.15, 0.2) is 0 Å². The highest BCUT2D eigenvalue weighted by atomic mass is 16.2. The third-order valence-electron chi connectivity index (χ3n) is 3.85. The van der Waals surface area contributed by atoms with Crippen molar-refractivity contribution in [2.45, 2.75) is 32.9 Å². The van der Waals surface area contributed by atoms with Crippen LogP contribution in [0.3, 0.4) is 0 Å². The zero-order valence-electron chi connectivity index (χ0n) is 12.2. The monoisotopic (exact) mass is 284 g/mol. The molecular formula is C16H20N4O. The number of hydrogen-bond donors (Lipinski definition) is 1. The predicted molar refractivity (Wildman–Crippen MR) is 82.1 cm³/mol. The highest BCUT2D eigenvalue weighted by Crippen LogP contribution is 2.15. The number of urea groups is 1. The quantitative estimate of drug-likeness (QED) is 0.922. The van der Waals surface area contributed by atoms with Gasteiger partial charge in [0.05, 0.1) is 18.6 Å². The zero-order valence-corrected chi connectivity index (χ0v) is 12.2. The van der Waals surface area contributed by atoms with Crippen molar-refractivity contribution in [3.8, 4) is 0 Å². The van der Waals surface area contributed by atoms with Crippen molar-refractivity contribution in [2.24, 2.45) is 0 Å². The number of carbonyl (C=O) groups is 1. The van der Waals surface area contributed by atoms with Crippen LogP contribution in [0.25, 0.3) is 0 Å². The molecule has 3 rings (SSSR count). The van der Waals surface area contributed by atoms with Crippen molar-refractivity contribution in [1.82, 2.24) is 14.5 Å². The molecule has 1 aromatic carbocycles. The maximum absolute atomic E-state index is 12.4. The molecule has 1 aliphatic heterocycles. The number of amides is 2. The van der Waals surface area contributed by atoms with Crippen LogP contribution in [0.2, 0.25) is 0 Å². The number of aryl methyl sites for hydroxylation is 2. The van der Waals surface area contributed by atoms with Crippen LogP contribution in [0.1, 0.15) is 24.6 Å². The Hall–Kier alpha value is -2.30. The SMILES string of the molecule is CCc1cccc(NC(=O)N2CCCn3cncc3C2)c1. The van der Waals surface area contributed by atoms with Gasteiger partial charge in [-0.05, 0) is 30.5 Å². The lowest BCUT2D eigenvalue weighted by Gasteiger charge is -2.20. The van der Waals surface area contributed by atoms with Crippen LogP contribution in [0.5, 0.6) is 0 Å². The van der Waals surface area contributed by atoms with E-state index in [-0.39, 0.29) is 6.03 Å². The summed E-state index contributed by atoms with van der Waals surface area (Å²) in [6.07, 6.45) is 5.59. The second-order valence-corrected chi connectivity index (χ2v) is 5.34. The van der Waals surface area contributed by atoms with Crippen LogP contribution in [-0.2, 0) is 19.5 Å². The molecule has 5 heteroatoms. The molecule has 0 fully saturated rings. The van der Waals surface area contributed by atoms with E-state index in [9.17, 15) is 4.79 Å². The Morgan fingerprint density at radius 3 is 3.14 bits per heavy atom. The van der Waals surface area contributed by atoms with Crippen molar-refractivity contribution < 1.29 is 4.79 Å². The normalized spacial score (nSPS) is 14.4. The third kappa shape index (κ3) is 3.07. The van der Waals surface area contributed by atoms with Crippen LogP contribution >= 0.6 is 0 Å². The minimum Gasteiger partial charge on any atom is -0.333 e. The number of imidazole rings is 1. The summed E-state index contributed by atoms with van der Waals surface area (Å²) in [5.74, 6) is 0. The van der Waals surface area contributed by atoms with Crippen LogP contribution in [-0.4, -0.2) is 27.0 Å². The van der Waals surface area contributed by atoms with E-state index in [0.717, 1.165) is 37.3 Å². The molecule has 1 aliphatic rings. The summed E-state index contributed by atoms with van der Waals surface area (Å²) in [4.78, 5) is 18.4. The van der Waals surface area contributed by atoms with Gasteiger partial charge in [-0.15, -0.1) is 0 Å². The number of hydrogen-bond acceptors (Lipinski definition) is 2. The molecule has 2 amide bonds. The molecule has 21 heavy (non-hydrogen) atoms. The van der Waals surface area contributed by atoms with E-state index in [1.807, 2.05) is 35.6 Å². The summed E-state index contributed by atoms with van der Waals surface area (Å²) in [5.41, 5.74) is 3.17. The molecule has 0 saturated carbocycles. The standard InChI is InChI=1S/C16H20N4O/c1-2-13-5-3-6-14(9-13)18-16(21)19-7-4-8-20-12-17-10-15(20)11-19/h3,5-6,9-10,12H,2,4,7-8,11H2,1H3,(H,18,21). The average molecular weight is 284 g/mol. The molecule has 0 saturated heterocycles. The fraction of sp³-hybridized carbons (Fsp3) is 0.375. The van der Waals surface area contributed by atoms with E-state index in [4.69, 9.17) is 0 Å². The summed E-state index contributed by atoms with van der Waals surface area (Å²) in [6.45, 7) is 4.40. The van der Waals surface area contributed by atoms with Gasteiger partial charge in [-0.25, -0.2) is 9.78 Å². The fourth-order valence-corrected chi connectivity index (χ4v) is 2.63. The number of nitrogens with one attached hydrogen (secondary N) is 1. The summed E-state index contributed by atoms with van der Waals surface area (Å²) in [7, 11) is 0. The first-order chi connectivity index (χ1) is 10.3. The Labute approximate surface area is 124 Å². The first-order valence-corrected chi connectivity index (χ1v) is 7.40. The molecule has 0 bridgehead atoms. The molecule has 1 aromatic heterocycles. The summed E-state index contributed by atoms with van der Waals surface area (Å²) < 4.78 is 2.12. The van der Waals surface area contributed by atoms with E-state index >= 15 is 0 Å². The lowest BCUT2D eigenvalue weighted by molar-refractivity contribution is 0.210. The fourth-order valence-electron chi connectivity index (χ4n) is 2.63. The highest BCUT2D eigenvalue weighted by Gasteiger charge is 2.19. The Morgan fingerprint density at radius 2 is 2.29 bits per heavy atom. The van der Waals surface area contributed by atoms with Crippen molar-refractivity contribution in [2.75, 3.05) is 11.9 Å². The molecule has 0 aliphatic carbocycles. The minimum absolute atomic E-state index is 0.0436. The summed E-state index contributed by atoms with van der Waals surface area (Å²) in [6, 6.07) is 7.96. The molecule has 5 nitrogen and oxygen atoms in total. The lowest BCUT2D eigenvalue weighted by atomic mass is 10.1. The molecular weight excluding hydrogens is 264 g/mol. The van der Waals surface area contributed by atoms with Crippen molar-refractivity contribution in [1.29, 1.82) is 0 Å². The smallest absolute Gasteiger partial charge is 0.322 e. The third-order valence-corrected chi connectivity index (χ3v) is 3.85. The van der Waals surface area contributed by atoms with Crippen LogP contribution in [0, 0.1) is 0 Å².